The van der Waals surface area contributed by atoms with Gasteiger partial charge in [-0.25, -0.2) is 18.3 Å². The molecule has 1 aromatic carbocycles. The van der Waals surface area contributed by atoms with Crippen LogP contribution in [0.25, 0.3) is 5.65 Å². The second-order valence-corrected chi connectivity index (χ2v) is 8.55. The van der Waals surface area contributed by atoms with E-state index in [9.17, 15) is 18.7 Å². The molecule has 0 amide bonds. The van der Waals surface area contributed by atoms with Crippen LogP contribution in [-0.4, -0.2) is 49.3 Å². The maximum Gasteiger partial charge on any atom is 0.182 e. The Kier molecular flexibility index (Phi) is 5.19. The third-order valence-electron chi connectivity index (χ3n) is 5.49. The van der Waals surface area contributed by atoms with E-state index in [0.29, 0.717) is 23.6 Å². The number of anilines is 2. The van der Waals surface area contributed by atoms with Gasteiger partial charge in [0.25, 0.3) is 0 Å². The zero-order chi connectivity index (χ0) is 22.6. The van der Waals surface area contributed by atoms with Crippen LogP contribution >= 0.6 is 23.8 Å². The summed E-state index contributed by atoms with van der Waals surface area (Å²) >= 11 is 11.5. The number of hydrogen-bond donors (Lipinski definition) is 3. The van der Waals surface area contributed by atoms with Crippen molar-refractivity contribution in [1.29, 1.82) is 0 Å². The van der Waals surface area contributed by atoms with Crippen molar-refractivity contribution in [1.82, 2.24) is 19.9 Å². The monoisotopic (exact) mass is 478 g/mol. The van der Waals surface area contributed by atoms with Crippen LogP contribution in [0.1, 0.15) is 24.4 Å². The summed E-state index contributed by atoms with van der Waals surface area (Å²) in [5.41, 5.74) is 0.779. The van der Waals surface area contributed by atoms with E-state index in [1.54, 1.807) is 17.2 Å². The lowest BCUT2D eigenvalue weighted by atomic mass is 10.0. The maximum atomic E-state index is 14.4. The van der Waals surface area contributed by atoms with Gasteiger partial charge in [-0.2, -0.15) is 5.10 Å². The summed E-state index contributed by atoms with van der Waals surface area (Å²) in [7, 11) is 0. The molecule has 12 heteroatoms. The average molecular weight is 479 g/mol. The molecule has 1 saturated heterocycles. The predicted octanol–water partition coefficient (Wildman–Crippen LogP) is 2.60. The Morgan fingerprint density at radius 2 is 2.09 bits per heavy atom. The highest BCUT2D eigenvalue weighted by Crippen LogP contribution is 2.36. The quantitative estimate of drug-likeness (QED) is 0.493. The second-order valence-electron chi connectivity index (χ2n) is 7.78. The molecule has 3 N–H and O–H groups in total. The van der Waals surface area contributed by atoms with Gasteiger partial charge >= 0.3 is 0 Å². The van der Waals surface area contributed by atoms with E-state index in [1.165, 1.54) is 4.52 Å². The minimum atomic E-state index is -0.693. The molecule has 3 aromatic rings. The van der Waals surface area contributed by atoms with Gasteiger partial charge in [0.15, 0.2) is 21.7 Å². The molecule has 5 rings (SSSR count). The van der Waals surface area contributed by atoms with Gasteiger partial charge in [0, 0.05) is 18.2 Å². The summed E-state index contributed by atoms with van der Waals surface area (Å²) in [6.45, 7) is 0.00790. The fourth-order valence-electron chi connectivity index (χ4n) is 3.79. The Hall–Kier alpha value is -2.89. The topological polar surface area (TPSA) is 94.8 Å². The molecule has 0 spiro atoms. The average Bonchev–Trinajstić information content (AvgIpc) is 3.15. The fourth-order valence-corrected chi connectivity index (χ4v) is 4.26. The summed E-state index contributed by atoms with van der Waals surface area (Å²) in [6.07, 6.45) is 1.81. The first kappa shape index (κ1) is 21.0. The maximum absolute atomic E-state index is 14.4. The lowest BCUT2D eigenvalue weighted by Gasteiger charge is -2.25. The number of halogens is 3. The standard InChI is InChI=1S/C20H17ClF2N6O2S/c21-18-17(26-20(32)24-13-7-15(13)31)19-25-16(3-4-29(19)27-18)28-8-10(30)6-14(28)11-5-9(22)1-2-12(11)23/h1-5,13-15,31H,6-8H2,(H2,24,26,32)/t13-,14-,15-/m1/s1. The minimum absolute atomic E-state index is 0.00790. The Morgan fingerprint density at radius 1 is 1.31 bits per heavy atom. The Bertz CT molecular complexity index is 1250. The van der Waals surface area contributed by atoms with Crippen molar-refractivity contribution in [3.05, 3.63) is 52.8 Å². The van der Waals surface area contributed by atoms with Crippen molar-refractivity contribution in [2.45, 2.75) is 31.0 Å². The van der Waals surface area contributed by atoms with Gasteiger partial charge in [0.2, 0.25) is 0 Å². The number of hydrogen-bond acceptors (Lipinski definition) is 6. The lowest BCUT2D eigenvalue weighted by Crippen LogP contribution is -2.32. The highest BCUT2D eigenvalue weighted by molar-refractivity contribution is 7.80. The highest BCUT2D eigenvalue weighted by Gasteiger charge is 2.36. The Balaban J connectivity index is 1.48. The van der Waals surface area contributed by atoms with E-state index in [4.69, 9.17) is 23.8 Å². The number of thiocarbonyl (C=S) groups is 1. The number of fused-ring (bicyclic) bond motifs is 1. The third-order valence-corrected chi connectivity index (χ3v) is 5.98. The molecule has 3 heterocycles. The number of carbonyl (C=O) groups excluding carboxylic acids is 1. The number of rotatable bonds is 4. The van der Waals surface area contributed by atoms with Gasteiger partial charge in [-0.1, -0.05) is 11.6 Å². The number of Topliss-reactive ketones (excluding diaryl/α,β-unsaturated/α-hetero) is 1. The van der Waals surface area contributed by atoms with E-state index < -0.39 is 23.8 Å². The largest absolute Gasteiger partial charge is 0.391 e. The number of aromatic nitrogens is 3. The minimum Gasteiger partial charge on any atom is -0.391 e. The van der Waals surface area contributed by atoms with Crippen molar-refractivity contribution in [3.8, 4) is 0 Å². The summed E-state index contributed by atoms with van der Waals surface area (Å²) in [4.78, 5) is 18.4. The smallest absolute Gasteiger partial charge is 0.182 e. The number of nitrogens with one attached hydrogen (secondary N) is 2. The van der Waals surface area contributed by atoms with Crippen LogP contribution in [-0.2, 0) is 4.79 Å². The molecule has 166 valence electrons. The number of carbonyl (C=O) groups is 1. The SMILES string of the molecule is O=C1C[C@H](c2cc(F)ccc2F)N(c2ccn3nc(Cl)c(NC(=S)N[C@@H]4C[C@H]4O)c3n2)C1. The van der Waals surface area contributed by atoms with Crippen LogP contribution in [0.4, 0.5) is 20.3 Å². The molecule has 1 saturated carbocycles. The van der Waals surface area contributed by atoms with E-state index in [1.807, 2.05) is 0 Å². The first-order valence-electron chi connectivity index (χ1n) is 9.84. The van der Waals surface area contributed by atoms with Crippen molar-refractivity contribution in [2.75, 3.05) is 16.8 Å². The highest BCUT2D eigenvalue weighted by atomic mass is 35.5. The van der Waals surface area contributed by atoms with Crippen molar-refractivity contribution < 1.29 is 18.7 Å². The Labute approximate surface area is 191 Å². The van der Waals surface area contributed by atoms with Crippen LogP contribution < -0.4 is 15.5 Å². The second kappa shape index (κ2) is 7.91. The van der Waals surface area contributed by atoms with Crippen LogP contribution in [0.3, 0.4) is 0 Å². The van der Waals surface area contributed by atoms with Crippen molar-refractivity contribution >= 4 is 51.9 Å². The number of nitrogens with zero attached hydrogens (tertiary/aromatic N) is 4. The van der Waals surface area contributed by atoms with E-state index >= 15 is 0 Å². The predicted molar refractivity (Wildman–Crippen MR) is 118 cm³/mol. The molecule has 3 atom stereocenters. The molecule has 0 bridgehead atoms. The van der Waals surface area contributed by atoms with Gasteiger partial charge in [-0.3, -0.25) is 4.79 Å². The number of aliphatic hydroxyl groups excluding tert-OH is 1. The number of ketones is 1. The molecule has 32 heavy (non-hydrogen) atoms. The lowest BCUT2D eigenvalue weighted by molar-refractivity contribution is -0.116. The third kappa shape index (κ3) is 3.87. The van der Waals surface area contributed by atoms with Crippen LogP contribution in [0.5, 0.6) is 0 Å². The first-order chi connectivity index (χ1) is 15.3. The summed E-state index contributed by atoms with van der Waals surface area (Å²) in [5, 5.41) is 20.0. The molecule has 1 aliphatic carbocycles. The molecule has 0 unspecified atom stereocenters. The van der Waals surface area contributed by atoms with Gasteiger partial charge in [0.1, 0.15) is 23.1 Å². The molecule has 1 aliphatic heterocycles. The van der Waals surface area contributed by atoms with Crippen LogP contribution in [0.2, 0.25) is 5.15 Å². The van der Waals surface area contributed by atoms with E-state index in [2.05, 4.69) is 20.7 Å². The van der Waals surface area contributed by atoms with Crippen LogP contribution in [0, 0.1) is 11.6 Å². The fraction of sp³-hybridized carbons (Fsp3) is 0.300. The summed E-state index contributed by atoms with van der Waals surface area (Å²) in [5.74, 6) is -0.905. The molecule has 0 radical (unpaired) electrons. The molecule has 2 aliphatic rings. The molecule has 2 aromatic heterocycles. The zero-order valence-corrected chi connectivity index (χ0v) is 18.0. The molecule has 2 fully saturated rings. The Morgan fingerprint density at radius 3 is 2.84 bits per heavy atom. The number of benzene rings is 1. The normalized spacial score (nSPS) is 22.4. The van der Waals surface area contributed by atoms with Gasteiger partial charge in [-0.15, -0.1) is 0 Å². The van der Waals surface area contributed by atoms with Crippen molar-refractivity contribution in [2.24, 2.45) is 0 Å². The molecule has 8 nitrogen and oxygen atoms in total. The van der Waals surface area contributed by atoms with E-state index in [-0.39, 0.29) is 40.6 Å². The zero-order valence-electron chi connectivity index (χ0n) is 16.4. The summed E-state index contributed by atoms with van der Waals surface area (Å²) in [6, 6.07) is 4.00. The number of aliphatic hydroxyl groups is 1. The first-order valence-corrected chi connectivity index (χ1v) is 10.6. The van der Waals surface area contributed by atoms with Gasteiger partial charge in [0.05, 0.1) is 24.7 Å². The van der Waals surface area contributed by atoms with Gasteiger partial charge in [-0.05, 0) is 42.9 Å². The van der Waals surface area contributed by atoms with Gasteiger partial charge < -0.3 is 20.6 Å². The van der Waals surface area contributed by atoms with E-state index in [0.717, 1.165) is 18.2 Å². The summed E-state index contributed by atoms with van der Waals surface area (Å²) < 4.78 is 29.7. The molecular weight excluding hydrogens is 462 g/mol. The van der Waals surface area contributed by atoms with Crippen molar-refractivity contribution in [3.63, 3.8) is 0 Å². The molecular formula is C20H17ClF2N6O2S. The van der Waals surface area contributed by atoms with Crippen LogP contribution in [0.15, 0.2) is 30.5 Å².